The predicted molar refractivity (Wildman–Crippen MR) is 110 cm³/mol. The van der Waals surface area contributed by atoms with Crippen molar-refractivity contribution < 1.29 is 9.59 Å². The Labute approximate surface area is 172 Å². The van der Waals surface area contributed by atoms with Gasteiger partial charge < -0.3 is 5.32 Å². The number of amides is 2. The minimum Gasteiger partial charge on any atom is -0.352 e. The fourth-order valence-electron chi connectivity index (χ4n) is 3.42. The Balaban J connectivity index is 1.37. The summed E-state index contributed by atoms with van der Waals surface area (Å²) in [6, 6.07) is 10.0. The molecular weight excluding hydrogens is 388 g/mol. The highest BCUT2D eigenvalue weighted by Crippen LogP contribution is 2.29. The Bertz CT molecular complexity index is 1010. The van der Waals surface area contributed by atoms with Crippen LogP contribution in [0.4, 0.5) is 5.13 Å². The summed E-state index contributed by atoms with van der Waals surface area (Å²) in [5.74, 6) is -0.616. The van der Waals surface area contributed by atoms with Gasteiger partial charge in [0.1, 0.15) is 5.01 Å². The number of anilines is 1. The van der Waals surface area contributed by atoms with E-state index in [0.29, 0.717) is 24.6 Å². The van der Waals surface area contributed by atoms with E-state index < -0.39 is 5.92 Å². The summed E-state index contributed by atoms with van der Waals surface area (Å²) in [7, 11) is 0. The molecule has 1 atom stereocenters. The van der Waals surface area contributed by atoms with Crippen molar-refractivity contribution in [2.24, 2.45) is 5.92 Å². The second kappa shape index (κ2) is 8.12. The lowest BCUT2D eigenvalue weighted by Crippen LogP contribution is -2.32. The van der Waals surface area contributed by atoms with Gasteiger partial charge in [0.05, 0.1) is 11.6 Å². The zero-order valence-corrected chi connectivity index (χ0v) is 17.1. The van der Waals surface area contributed by atoms with Gasteiger partial charge in [-0.15, -0.1) is 10.2 Å². The molecule has 9 heteroatoms. The van der Waals surface area contributed by atoms with Crippen LogP contribution < -0.4 is 10.2 Å². The second-order valence-electron chi connectivity index (χ2n) is 7.18. The molecule has 1 aromatic carbocycles. The van der Waals surface area contributed by atoms with Crippen LogP contribution in [0.3, 0.4) is 0 Å². The lowest BCUT2D eigenvalue weighted by molar-refractivity contribution is -0.126. The van der Waals surface area contributed by atoms with Crippen molar-refractivity contribution in [3.05, 3.63) is 57.9 Å². The van der Waals surface area contributed by atoms with E-state index in [9.17, 15) is 9.59 Å². The third-order valence-corrected chi connectivity index (χ3v) is 6.05. The highest BCUT2D eigenvalue weighted by Gasteiger charge is 2.36. The molecule has 2 N–H and O–H groups in total. The van der Waals surface area contributed by atoms with Crippen LogP contribution in [0.2, 0.25) is 0 Å². The maximum absolute atomic E-state index is 12.6. The average molecular weight is 411 g/mol. The minimum absolute atomic E-state index is 0.0942. The van der Waals surface area contributed by atoms with Crippen LogP contribution in [0, 0.1) is 19.8 Å². The first-order valence-corrected chi connectivity index (χ1v) is 10.3. The number of hydrogen-bond donors (Lipinski definition) is 2. The van der Waals surface area contributed by atoms with Gasteiger partial charge in [-0.25, -0.2) is 0 Å². The minimum atomic E-state index is -0.392. The molecule has 2 aromatic heterocycles. The van der Waals surface area contributed by atoms with Gasteiger partial charge in [-0.3, -0.25) is 19.6 Å². The normalized spacial score (nSPS) is 16.4. The summed E-state index contributed by atoms with van der Waals surface area (Å²) in [6.45, 7) is 4.55. The number of aromatic amines is 1. The molecule has 0 aliphatic carbocycles. The number of hydrogen-bond acceptors (Lipinski definition) is 6. The fourth-order valence-corrected chi connectivity index (χ4v) is 4.32. The lowest BCUT2D eigenvalue weighted by atomic mass is 10.1. The first-order chi connectivity index (χ1) is 14.0. The van der Waals surface area contributed by atoms with E-state index >= 15 is 0 Å². The van der Waals surface area contributed by atoms with Crippen molar-refractivity contribution in [2.75, 3.05) is 11.4 Å². The summed E-state index contributed by atoms with van der Waals surface area (Å²) in [5.41, 5.74) is 3.93. The molecule has 29 heavy (non-hydrogen) atoms. The van der Waals surface area contributed by atoms with Gasteiger partial charge >= 0.3 is 0 Å². The Kier molecular flexibility index (Phi) is 5.39. The van der Waals surface area contributed by atoms with Crippen molar-refractivity contribution >= 4 is 28.3 Å². The molecule has 150 valence electrons. The number of carbonyl (C=O) groups excluding carboxylic acids is 2. The molecule has 1 saturated heterocycles. The van der Waals surface area contributed by atoms with Crippen LogP contribution >= 0.6 is 11.3 Å². The SMILES string of the molecule is Cc1n[nH]c(C)c1CNC(=O)C1CC(=O)N(c2nnc(Cc3ccccc3)s2)C1. The van der Waals surface area contributed by atoms with Gasteiger partial charge in [-0.2, -0.15) is 5.10 Å². The van der Waals surface area contributed by atoms with Gasteiger partial charge in [0.2, 0.25) is 16.9 Å². The first-order valence-electron chi connectivity index (χ1n) is 9.46. The molecular formula is C20H22N6O2S. The molecule has 1 unspecified atom stereocenters. The molecule has 0 bridgehead atoms. The molecule has 0 spiro atoms. The van der Waals surface area contributed by atoms with Gasteiger partial charge in [-0.1, -0.05) is 41.7 Å². The molecule has 0 radical (unpaired) electrons. The quantitative estimate of drug-likeness (QED) is 0.648. The Morgan fingerprint density at radius 3 is 2.79 bits per heavy atom. The number of nitrogens with one attached hydrogen (secondary N) is 2. The molecule has 4 rings (SSSR count). The molecule has 2 amide bonds. The maximum Gasteiger partial charge on any atom is 0.229 e. The van der Waals surface area contributed by atoms with Gasteiger partial charge in [0.25, 0.3) is 0 Å². The standard InChI is InChI=1S/C20H22N6O2S/c1-12-16(13(2)23-22-12)10-21-19(28)15-9-18(27)26(11-15)20-25-24-17(29-20)8-14-6-4-3-5-7-14/h3-7,15H,8-11H2,1-2H3,(H,21,28)(H,22,23). The number of carbonyl (C=O) groups is 2. The fraction of sp³-hybridized carbons (Fsp3) is 0.350. The summed E-state index contributed by atoms with van der Waals surface area (Å²) >= 11 is 1.40. The Morgan fingerprint density at radius 1 is 1.28 bits per heavy atom. The molecule has 1 fully saturated rings. The van der Waals surface area contributed by atoms with Crippen molar-refractivity contribution in [1.29, 1.82) is 0 Å². The van der Waals surface area contributed by atoms with E-state index in [2.05, 4.69) is 25.7 Å². The average Bonchev–Trinajstić information content (AvgIpc) is 3.41. The van der Waals surface area contributed by atoms with Crippen molar-refractivity contribution in [1.82, 2.24) is 25.7 Å². The zero-order valence-electron chi connectivity index (χ0n) is 16.3. The van der Waals surface area contributed by atoms with E-state index in [1.807, 2.05) is 44.2 Å². The van der Waals surface area contributed by atoms with E-state index in [0.717, 1.165) is 27.5 Å². The van der Waals surface area contributed by atoms with Crippen LogP contribution in [0.5, 0.6) is 0 Å². The van der Waals surface area contributed by atoms with Crippen LogP contribution in [0.15, 0.2) is 30.3 Å². The van der Waals surface area contributed by atoms with Gasteiger partial charge in [-0.05, 0) is 19.4 Å². The van der Waals surface area contributed by atoms with Crippen molar-refractivity contribution in [3.63, 3.8) is 0 Å². The largest absolute Gasteiger partial charge is 0.352 e. The molecule has 1 aliphatic heterocycles. The number of H-pyrrole nitrogens is 1. The van der Waals surface area contributed by atoms with Crippen molar-refractivity contribution in [2.45, 2.75) is 33.2 Å². The van der Waals surface area contributed by atoms with Crippen molar-refractivity contribution in [3.8, 4) is 0 Å². The Hall–Kier alpha value is -3.07. The third kappa shape index (κ3) is 4.19. The highest BCUT2D eigenvalue weighted by atomic mass is 32.1. The molecule has 3 aromatic rings. The smallest absolute Gasteiger partial charge is 0.229 e. The van der Waals surface area contributed by atoms with Crippen LogP contribution in [-0.4, -0.2) is 38.8 Å². The monoisotopic (exact) mass is 410 g/mol. The zero-order chi connectivity index (χ0) is 20.4. The van der Waals surface area contributed by atoms with Gasteiger partial charge in [0.15, 0.2) is 0 Å². The Morgan fingerprint density at radius 2 is 2.07 bits per heavy atom. The maximum atomic E-state index is 12.6. The number of aryl methyl sites for hydroxylation is 2. The summed E-state index contributed by atoms with van der Waals surface area (Å²) < 4.78 is 0. The van der Waals surface area contributed by atoms with E-state index in [1.54, 1.807) is 4.90 Å². The number of aromatic nitrogens is 4. The van der Waals surface area contributed by atoms with Gasteiger partial charge in [0, 0.05) is 37.2 Å². The summed E-state index contributed by atoms with van der Waals surface area (Å²) in [6.07, 6.45) is 0.858. The van der Waals surface area contributed by atoms with Crippen LogP contribution in [0.25, 0.3) is 0 Å². The lowest BCUT2D eigenvalue weighted by Gasteiger charge is -2.12. The number of rotatable bonds is 6. The predicted octanol–water partition coefficient (Wildman–Crippen LogP) is 2.14. The molecule has 8 nitrogen and oxygen atoms in total. The first kappa shape index (κ1) is 19.3. The van der Waals surface area contributed by atoms with Crippen LogP contribution in [-0.2, 0) is 22.6 Å². The topological polar surface area (TPSA) is 104 Å². The number of nitrogens with zero attached hydrogens (tertiary/aromatic N) is 4. The van der Waals surface area contributed by atoms with E-state index in [4.69, 9.17) is 0 Å². The highest BCUT2D eigenvalue weighted by molar-refractivity contribution is 7.15. The molecule has 0 saturated carbocycles. The summed E-state index contributed by atoms with van der Waals surface area (Å²) in [4.78, 5) is 26.6. The second-order valence-corrected chi connectivity index (χ2v) is 8.22. The number of benzene rings is 1. The third-order valence-electron chi connectivity index (χ3n) is 5.10. The summed E-state index contributed by atoms with van der Waals surface area (Å²) in [5, 5.41) is 19.8. The van der Waals surface area contributed by atoms with E-state index in [-0.39, 0.29) is 18.2 Å². The molecule has 3 heterocycles. The molecule has 1 aliphatic rings. The van der Waals surface area contributed by atoms with E-state index in [1.165, 1.54) is 11.3 Å². The van der Waals surface area contributed by atoms with Crippen LogP contribution in [0.1, 0.15) is 33.9 Å².